The molecule has 0 aliphatic carbocycles. The highest BCUT2D eigenvalue weighted by Gasteiger charge is 2.21. The normalized spacial score (nSPS) is 13.3. The lowest BCUT2D eigenvalue weighted by atomic mass is 9.85. The maximum absolute atomic E-state index is 6.22. The summed E-state index contributed by atoms with van der Waals surface area (Å²) in [5.41, 5.74) is 6.59. The Morgan fingerprint density at radius 1 is 0.741 bits per heavy atom. The molecule has 4 aromatic rings. The SMILES string of the molecule is Cc1ccc2c3c(ccc2c1)-c1cc2ccc(C(C)(C)C)cc2cc1OC3. The summed E-state index contributed by atoms with van der Waals surface area (Å²) in [7, 11) is 0. The Bertz CT molecular complexity index is 1210. The van der Waals surface area contributed by atoms with E-state index < -0.39 is 0 Å². The summed E-state index contributed by atoms with van der Waals surface area (Å²) in [5.74, 6) is 0.993. The molecule has 134 valence electrons. The summed E-state index contributed by atoms with van der Waals surface area (Å²) >= 11 is 0. The fraction of sp³-hybridized carbons (Fsp3) is 0.231. The number of rotatable bonds is 0. The second-order valence-electron chi connectivity index (χ2n) is 8.77. The van der Waals surface area contributed by atoms with E-state index in [4.69, 9.17) is 4.74 Å². The monoisotopic (exact) mass is 352 g/mol. The first kappa shape index (κ1) is 16.4. The van der Waals surface area contributed by atoms with Gasteiger partial charge in [0.2, 0.25) is 0 Å². The number of benzene rings is 4. The zero-order valence-electron chi connectivity index (χ0n) is 16.4. The molecule has 5 rings (SSSR count). The highest BCUT2D eigenvalue weighted by Crippen LogP contribution is 2.43. The van der Waals surface area contributed by atoms with Gasteiger partial charge in [-0.2, -0.15) is 0 Å². The number of fused-ring (bicyclic) bond motifs is 6. The highest BCUT2D eigenvalue weighted by molar-refractivity contribution is 5.97. The van der Waals surface area contributed by atoms with Gasteiger partial charge in [0.1, 0.15) is 12.4 Å². The van der Waals surface area contributed by atoms with E-state index in [0.717, 1.165) is 5.75 Å². The number of hydrogen-bond donors (Lipinski definition) is 0. The van der Waals surface area contributed by atoms with E-state index in [1.807, 2.05) is 0 Å². The van der Waals surface area contributed by atoms with Crippen LogP contribution in [0.1, 0.15) is 37.5 Å². The van der Waals surface area contributed by atoms with Gasteiger partial charge in [0.05, 0.1) is 0 Å². The fourth-order valence-electron chi connectivity index (χ4n) is 4.14. The van der Waals surface area contributed by atoms with Crippen LogP contribution < -0.4 is 4.74 Å². The second kappa shape index (κ2) is 5.60. The van der Waals surface area contributed by atoms with Gasteiger partial charge in [-0.25, -0.2) is 0 Å². The first-order chi connectivity index (χ1) is 12.9. The minimum atomic E-state index is 0.147. The van der Waals surface area contributed by atoms with Gasteiger partial charge in [0, 0.05) is 11.1 Å². The number of hydrogen-bond acceptors (Lipinski definition) is 1. The smallest absolute Gasteiger partial charge is 0.128 e. The minimum absolute atomic E-state index is 0.147. The molecular formula is C26H24O. The van der Waals surface area contributed by atoms with Gasteiger partial charge in [-0.3, -0.25) is 0 Å². The Morgan fingerprint density at radius 2 is 1.56 bits per heavy atom. The van der Waals surface area contributed by atoms with Gasteiger partial charge in [-0.05, 0) is 57.1 Å². The van der Waals surface area contributed by atoms with Crippen molar-refractivity contribution < 1.29 is 4.74 Å². The van der Waals surface area contributed by atoms with Gasteiger partial charge in [0.15, 0.2) is 0 Å². The van der Waals surface area contributed by atoms with Crippen LogP contribution in [-0.4, -0.2) is 0 Å². The van der Waals surface area contributed by atoms with Crippen LogP contribution in [0.4, 0.5) is 0 Å². The molecule has 0 fully saturated rings. The Kier molecular flexibility index (Phi) is 3.40. The highest BCUT2D eigenvalue weighted by atomic mass is 16.5. The Balaban J connectivity index is 1.73. The fourth-order valence-corrected chi connectivity index (χ4v) is 4.14. The van der Waals surface area contributed by atoms with E-state index in [2.05, 4.69) is 88.4 Å². The van der Waals surface area contributed by atoms with Crippen molar-refractivity contribution in [3.05, 3.63) is 77.4 Å². The molecular weight excluding hydrogens is 328 g/mol. The summed E-state index contributed by atoms with van der Waals surface area (Å²) in [6.07, 6.45) is 0. The minimum Gasteiger partial charge on any atom is -0.488 e. The number of aryl methyl sites for hydroxylation is 1. The second-order valence-corrected chi connectivity index (χ2v) is 8.77. The molecule has 1 aliphatic heterocycles. The third-order valence-electron chi connectivity index (χ3n) is 5.75. The van der Waals surface area contributed by atoms with Crippen molar-refractivity contribution in [3.63, 3.8) is 0 Å². The molecule has 1 aliphatic rings. The van der Waals surface area contributed by atoms with Crippen molar-refractivity contribution in [2.24, 2.45) is 0 Å². The van der Waals surface area contributed by atoms with Crippen LogP contribution in [-0.2, 0) is 12.0 Å². The Hall–Kier alpha value is -2.80. The summed E-state index contributed by atoms with van der Waals surface area (Å²) in [6.45, 7) is 9.54. The van der Waals surface area contributed by atoms with Crippen molar-refractivity contribution in [2.75, 3.05) is 0 Å². The van der Waals surface area contributed by atoms with E-state index in [9.17, 15) is 0 Å². The van der Waals surface area contributed by atoms with Crippen LogP contribution in [0.5, 0.6) is 5.75 Å². The van der Waals surface area contributed by atoms with Crippen molar-refractivity contribution in [1.82, 2.24) is 0 Å². The maximum atomic E-state index is 6.22. The molecule has 0 unspecified atom stereocenters. The Labute approximate surface area is 160 Å². The third kappa shape index (κ3) is 2.61. The molecule has 0 spiro atoms. The van der Waals surface area contributed by atoms with Crippen LogP contribution in [0.3, 0.4) is 0 Å². The molecule has 0 amide bonds. The van der Waals surface area contributed by atoms with E-state index in [0.29, 0.717) is 6.61 Å². The average molecular weight is 352 g/mol. The standard InChI is InChI=1S/C26H24O/c1-16-5-9-21-18(11-16)7-10-22-23-13-17-6-8-20(26(2,3)4)12-19(17)14-25(23)27-15-24(21)22/h5-14H,15H2,1-4H3. The van der Waals surface area contributed by atoms with Gasteiger partial charge >= 0.3 is 0 Å². The zero-order chi connectivity index (χ0) is 18.8. The third-order valence-corrected chi connectivity index (χ3v) is 5.75. The molecule has 1 heterocycles. The van der Waals surface area contributed by atoms with Gasteiger partial charge in [-0.1, -0.05) is 74.9 Å². The molecule has 0 radical (unpaired) electrons. The van der Waals surface area contributed by atoms with Crippen molar-refractivity contribution in [2.45, 2.75) is 39.7 Å². The summed E-state index contributed by atoms with van der Waals surface area (Å²) in [4.78, 5) is 0. The lowest BCUT2D eigenvalue weighted by molar-refractivity contribution is 0.304. The summed E-state index contributed by atoms with van der Waals surface area (Å²) in [5, 5.41) is 5.10. The van der Waals surface area contributed by atoms with Crippen LogP contribution in [0.25, 0.3) is 32.7 Å². The van der Waals surface area contributed by atoms with E-state index in [1.54, 1.807) is 0 Å². The largest absolute Gasteiger partial charge is 0.488 e. The predicted octanol–water partition coefficient (Wildman–Crippen LogP) is 7.16. The quantitative estimate of drug-likeness (QED) is 0.326. The predicted molar refractivity (Wildman–Crippen MR) is 115 cm³/mol. The molecule has 0 saturated carbocycles. The van der Waals surface area contributed by atoms with Crippen LogP contribution in [0, 0.1) is 6.92 Å². The van der Waals surface area contributed by atoms with E-state index >= 15 is 0 Å². The first-order valence-corrected chi connectivity index (χ1v) is 9.64. The molecule has 0 N–H and O–H groups in total. The van der Waals surface area contributed by atoms with Gasteiger partial charge in [0.25, 0.3) is 0 Å². The molecule has 27 heavy (non-hydrogen) atoms. The molecule has 1 heteroatoms. The lowest BCUT2D eigenvalue weighted by Crippen LogP contribution is -2.10. The Morgan fingerprint density at radius 3 is 2.37 bits per heavy atom. The summed E-state index contributed by atoms with van der Waals surface area (Å²) in [6, 6.07) is 22.5. The first-order valence-electron chi connectivity index (χ1n) is 9.64. The lowest BCUT2D eigenvalue weighted by Gasteiger charge is -2.24. The van der Waals surface area contributed by atoms with Crippen molar-refractivity contribution in [1.29, 1.82) is 0 Å². The maximum Gasteiger partial charge on any atom is 0.128 e. The van der Waals surface area contributed by atoms with Gasteiger partial charge in [-0.15, -0.1) is 0 Å². The number of ether oxygens (including phenoxy) is 1. The average Bonchev–Trinajstić information content (AvgIpc) is 2.64. The van der Waals surface area contributed by atoms with Crippen LogP contribution >= 0.6 is 0 Å². The molecule has 0 bridgehead atoms. The molecule has 1 nitrogen and oxygen atoms in total. The summed E-state index contributed by atoms with van der Waals surface area (Å²) < 4.78 is 6.22. The topological polar surface area (TPSA) is 9.23 Å². The van der Waals surface area contributed by atoms with E-state index in [-0.39, 0.29) is 5.41 Å². The van der Waals surface area contributed by atoms with Gasteiger partial charge < -0.3 is 4.74 Å². The van der Waals surface area contributed by atoms with Crippen molar-refractivity contribution in [3.8, 4) is 16.9 Å². The van der Waals surface area contributed by atoms with Crippen molar-refractivity contribution >= 4 is 21.5 Å². The van der Waals surface area contributed by atoms with Crippen LogP contribution in [0.15, 0.2) is 60.7 Å². The van der Waals surface area contributed by atoms with E-state index in [1.165, 1.54) is 49.4 Å². The molecule has 0 aromatic heterocycles. The molecule has 0 saturated heterocycles. The molecule has 0 atom stereocenters. The molecule has 4 aromatic carbocycles. The zero-order valence-corrected chi connectivity index (χ0v) is 16.4. The van der Waals surface area contributed by atoms with Crippen LogP contribution in [0.2, 0.25) is 0 Å².